The van der Waals surface area contributed by atoms with Gasteiger partial charge >= 0.3 is 0 Å². The molecule has 1 saturated heterocycles. The quantitative estimate of drug-likeness (QED) is 0.490. The molecule has 3 amide bonds. The third-order valence-electron chi connectivity index (χ3n) is 4.22. The number of amides is 3. The van der Waals surface area contributed by atoms with E-state index >= 15 is 0 Å². The Morgan fingerprint density at radius 3 is 2.44 bits per heavy atom. The zero-order valence-electron chi connectivity index (χ0n) is 17.3. The Balaban J connectivity index is 1.76. The summed E-state index contributed by atoms with van der Waals surface area (Å²) in [4.78, 5) is 38.5. The van der Waals surface area contributed by atoms with Crippen LogP contribution in [-0.4, -0.2) is 41.7 Å². The van der Waals surface area contributed by atoms with Crippen molar-refractivity contribution < 1.29 is 23.9 Å². The first-order valence-corrected chi connectivity index (χ1v) is 11.3. The summed E-state index contributed by atoms with van der Waals surface area (Å²) >= 11 is 12.9. The molecule has 0 atom stereocenters. The summed E-state index contributed by atoms with van der Waals surface area (Å²) in [5.41, 5.74) is 1.08. The van der Waals surface area contributed by atoms with Crippen LogP contribution in [0.15, 0.2) is 41.3 Å². The highest BCUT2D eigenvalue weighted by atomic mass is 35.5. The topological polar surface area (TPSA) is 84.9 Å². The maximum Gasteiger partial charge on any atom is 0.294 e. The standard InChI is InChI=1S/C22H20Cl2N2O5S/c1-3-30-17-10-13(9-16(24)20(17)31-4-2)11-18-21(28)26(22(29)32-18)12-19(27)25-15-7-5-14(23)6-8-15/h5-11H,3-4,12H2,1-2H3,(H,25,27)/b18-11+. The van der Waals surface area contributed by atoms with E-state index < -0.39 is 23.6 Å². The Morgan fingerprint density at radius 2 is 1.78 bits per heavy atom. The van der Waals surface area contributed by atoms with E-state index in [1.807, 2.05) is 13.8 Å². The van der Waals surface area contributed by atoms with Crippen LogP contribution < -0.4 is 14.8 Å². The second kappa shape index (κ2) is 10.8. The number of nitrogens with zero attached hydrogens (tertiary/aromatic N) is 1. The number of rotatable bonds is 8. The average Bonchev–Trinajstić information content (AvgIpc) is 3.00. The number of nitrogens with one attached hydrogen (secondary N) is 1. The van der Waals surface area contributed by atoms with Gasteiger partial charge in [-0.2, -0.15) is 0 Å². The van der Waals surface area contributed by atoms with E-state index in [1.165, 1.54) is 6.08 Å². The van der Waals surface area contributed by atoms with Gasteiger partial charge in [0.1, 0.15) is 6.54 Å². The van der Waals surface area contributed by atoms with Gasteiger partial charge < -0.3 is 14.8 Å². The number of imide groups is 1. The van der Waals surface area contributed by atoms with Gasteiger partial charge in [-0.05, 0) is 73.6 Å². The Bertz CT molecular complexity index is 1070. The van der Waals surface area contributed by atoms with Crippen LogP contribution in [0, 0.1) is 0 Å². The second-order valence-electron chi connectivity index (χ2n) is 6.52. The first kappa shape index (κ1) is 24.0. The molecule has 0 saturated carbocycles. The van der Waals surface area contributed by atoms with Gasteiger partial charge in [-0.3, -0.25) is 19.3 Å². The molecule has 32 heavy (non-hydrogen) atoms. The summed E-state index contributed by atoms with van der Waals surface area (Å²) in [6.45, 7) is 4.07. The second-order valence-corrected chi connectivity index (χ2v) is 8.36. The Labute approximate surface area is 199 Å². The number of benzene rings is 2. The molecule has 10 heteroatoms. The largest absolute Gasteiger partial charge is 0.490 e. The number of ether oxygens (including phenoxy) is 2. The minimum atomic E-state index is -0.561. The highest BCUT2D eigenvalue weighted by molar-refractivity contribution is 8.18. The van der Waals surface area contributed by atoms with Gasteiger partial charge in [-0.1, -0.05) is 23.2 Å². The van der Waals surface area contributed by atoms with Crippen molar-refractivity contribution in [3.8, 4) is 11.5 Å². The molecule has 0 aliphatic carbocycles. The molecule has 1 heterocycles. The number of thioether (sulfide) groups is 1. The third-order valence-corrected chi connectivity index (χ3v) is 5.66. The van der Waals surface area contributed by atoms with Crippen molar-refractivity contribution in [1.29, 1.82) is 0 Å². The minimum absolute atomic E-state index is 0.178. The molecular formula is C22H20Cl2N2O5S. The maximum atomic E-state index is 12.7. The summed E-state index contributed by atoms with van der Waals surface area (Å²) in [5.74, 6) is -0.206. The average molecular weight is 495 g/mol. The molecule has 0 aromatic heterocycles. The van der Waals surface area contributed by atoms with Crippen LogP contribution in [0.3, 0.4) is 0 Å². The van der Waals surface area contributed by atoms with Crippen molar-refractivity contribution in [2.75, 3.05) is 25.1 Å². The molecule has 0 unspecified atom stereocenters. The molecular weight excluding hydrogens is 475 g/mol. The smallest absolute Gasteiger partial charge is 0.294 e. The Kier molecular flexibility index (Phi) is 8.06. The van der Waals surface area contributed by atoms with Crippen molar-refractivity contribution in [2.24, 2.45) is 0 Å². The monoisotopic (exact) mass is 494 g/mol. The van der Waals surface area contributed by atoms with Crippen LogP contribution in [-0.2, 0) is 9.59 Å². The highest BCUT2D eigenvalue weighted by Gasteiger charge is 2.36. The lowest BCUT2D eigenvalue weighted by Gasteiger charge is -2.13. The maximum absolute atomic E-state index is 12.7. The summed E-state index contributed by atoms with van der Waals surface area (Å²) in [5, 5.41) is 2.95. The van der Waals surface area contributed by atoms with E-state index in [9.17, 15) is 14.4 Å². The van der Waals surface area contributed by atoms with Gasteiger partial charge in [0.15, 0.2) is 11.5 Å². The number of halogens is 2. The number of hydrogen-bond acceptors (Lipinski definition) is 6. The molecule has 1 N–H and O–H groups in total. The predicted octanol–water partition coefficient (Wildman–Crippen LogP) is 5.47. The van der Waals surface area contributed by atoms with Crippen molar-refractivity contribution >= 4 is 63.8 Å². The van der Waals surface area contributed by atoms with Crippen LogP contribution in [0.4, 0.5) is 10.5 Å². The lowest BCUT2D eigenvalue weighted by Crippen LogP contribution is -2.36. The first-order chi connectivity index (χ1) is 15.3. The SMILES string of the molecule is CCOc1cc(/C=C2/SC(=O)N(CC(=O)Nc3ccc(Cl)cc3)C2=O)cc(Cl)c1OCC. The number of carbonyl (C=O) groups excluding carboxylic acids is 3. The number of hydrogen-bond donors (Lipinski definition) is 1. The van der Waals surface area contributed by atoms with Crippen molar-refractivity contribution in [1.82, 2.24) is 4.90 Å². The molecule has 0 radical (unpaired) electrons. The number of carbonyl (C=O) groups is 3. The highest BCUT2D eigenvalue weighted by Crippen LogP contribution is 2.39. The molecule has 168 valence electrons. The van der Waals surface area contributed by atoms with E-state index in [2.05, 4.69) is 5.32 Å². The minimum Gasteiger partial charge on any atom is -0.490 e. The van der Waals surface area contributed by atoms with Gasteiger partial charge in [0.25, 0.3) is 11.1 Å². The zero-order valence-corrected chi connectivity index (χ0v) is 19.6. The third kappa shape index (κ3) is 5.76. The molecule has 1 aliphatic heterocycles. The summed E-state index contributed by atoms with van der Waals surface area (Å²) in [6.07, 6.45) is 1.53. The van der Waals surface area contributed by atoms with Crippen molar-refractivity contribution in [2.45, 2.75) is 13.8 Å². The normalized spacial score (nSPS) is 14.8. The summed E-state index contributed by atoms with van der Waals surface area (Å²) in [7, 11) is 0. The zero-order chi connectivity index (χ0) is 23.3. The number of anilines is 1. The van der Waals surface area contributed by atoms with Gasteiger partial charge in [-0.25, -0.2) is 0 Å². The Morgan fingerprint density at radius 1 is 1.09 bits per heavy atom. The summed E-state index contributed by atoms with van der Waals surface area (Å²) in [6, 6.07) is 9.80. The van der Waals surface area contributed by atoms with Gasteiger partial charge in [-0.15, -0.1) is 0 Å². The van der Waals surface area contributed by atoms with E-state index in [1.54, 1.807) is 36.4 Å². The predicted molar refractivity (Wildman–Crippen MR) is 127 cm³/mol. The van der Waals surface area contributed by atoms with Crippen LogP contribution in [0.5, 0.6) is 11.5 Å². The molecule has 2 aromatic rings. The Hall–Kier alpha value is -2.68. The van der Waals surface area contributed by atoms with Crippen LogP contribution in [0.1, 0.15) is 19.4 Å². The van der Waals surface area contributed by atoms with Gasteiger partial charge in [0.2, 0.25) is 5.91 Å². The van der Waals surface area contributed by atoms with Crippen LogP contribution in [0.25, 0.3) is 6.08 Å². The van der Waals surface area contributed by atoms with E-state index in [4.69, 9.17) is 32.7 Å². The lowest BCUT2D eigenvalue weighted by atomic mass is 10.1. The fourth-order valence-electron chi connectivity index (χ4n) is 2.88. The van der Waals surface area contributed by atoms with Gasteiger partial charge in [0, 0.05) is 10.7 Å². The van der Waals surface area contributed by atoms with Crippen molar-refractivity contribution in [3.63, 3.8) is 0 Å². The van der Waals surface area contributed by atoms with E-state index in [-0.39, 0.29) is 4.91 Å². The summed E-state index contributed by atoms with van der Waals surface area (Å²) < 4.78 is 11.1. The molecule has 0 spiro atoms. The molecule has 1 aliphatic rings. The lowest BCUT2D eigenvalue weighted by molar-refractivity contribution is -0.127. The fourth-order valence-corrected chi connectivity index (χ4v) is 4.12. The van der Waals surface area contributed by atoms with Crippen molar-refractivity contribution in [3.05, 3.63) is 56.9 Å². The molecule has 7 nitrogen and oxygen atoms in total. The molecule has 3 rings (SSSR count). The van der Waals surface area contributed by atoms with Crippen LogP contribution >= 0.6 is 35.0 Å². The van der Waals surface area contributed by atoms with Crippen LogP contribution in [0.2, 0.25) is 10.0 Å². The molecule has 1 fully saturated rings. The fraction of sp³-hybridized carbons (Fsp3) is 0.227. The first-order valence-electron chi connectivity index (χ1n) is 9.72. The van der Waals surface area contributed by atoms with E-state index in [0.29, 0.717) is 46.0 Å². The molecule has 2 aromatic carbocycles. The van der Waals surface area contributed by atoms with E-state index in [0.717, 1.165) is 16.7 Å². The molecule has 0 bridgehead atoms. The van der Waals surface area contributed by atoms with Gasteiger partial charge in [0.05, 0.1) is 23.1 Å².